The number of hydrogen-bond acceptors (Lipinski definition) is 4. The molecule has 3 rings (SSSR count). The zero-order chi connectivity index (χ0) is 22.1. The molecular formula is C24H33N5O2. The summed E-state index contributed by atoms with van der Waals surface area (Å²) in [5.74, 6) is 2.15. The number of aromatic nitrogens is 1. The Morgan fingerprint density at radius 2 is 2.10 bits per heavy atom. The molecule has 2 heterocycles. The van der Waals surface area contributed by atoms with Crippen molar-refractivity contribution in [3.63, 3.8) is 0 Å². The topological polar surface area (TPSA) is 70.1 Å². The fourth-order valence-corrected chi connectivity index (χ4v) is 3.74. The average molecular weight is 424 g/mol. The Hall–Kier alpha value is -3.09. The van der Waals surface area contributed by atoms with Crippen molar-refractivity contribution in [1.29, 1.82) is 0 Å². The molecule has 7 nitrogen and oxygen atoms in total. The van der Waals surface area contributed by atoms with Crippen molar-refractivity contribution in [3.8, 4) is 5.75 Å². The Balaban J connectivity index is 1.54. The summed E-state index contributed by atoms with van der Waals surface area (Å²) in [5, 5.41) is 3.34. The first-order valence-electron chi connectivity index (χ1n) is 10.9. The molecule has 1 saturated heterocycles. The fourth-order valence-electron chi connectivity index (χ4n) is 3.74. The number of nitrogens with zero attached hydrogens (tertiary/aromatic N) is 4. The quantitative estimate of drug-likeness (QED) is 0.522. The van der Waals surface area contributed by atoms with Crippen LogP contribution in [0.25, 0.3) is 0 Å². The number of hydrogen-bond donors (Lipinski definition) is 1. The van der Waals surface area contributed by atoms with Crippen molar-refractivity contribution < 1.29 is 9.53 Å². The van der Waals surface area contributed by atoms with Gasteiger partial charge in [-0.15, -0.1) is 0 Å². The fraction of sp³-hybridized carbons (Fsp3) is 0.458. The second-order valence-electron chi connectivity index (χ2n) is 7.76. The SMILES string of the molecule is CCNC(=NCC(=O)N(C)CCc1ccccn1)N1CCC(c2ccc(OC)cc2)C1. The number of amides is 1. The Kier molecular flexibility index (Phi) is 8.27. The molecule has 1 aromatic heterocycles. The second kappa shape index (κ2) is 11.3. The Bertz CT molecular complexity index is 854. The summed E-state index contributed by atoms with van der Waals surface area (Å²) in [6.07, 6.45) is 3.58. The van der Waals surface area contributed by atoms with Gasteiger partial charge in [0.2, 0.25) is 5.91 Å². The third-order valence-electron chi connectivity index (χ3n) is 5.63. The summed E-state index contributed by atoms with van der Waals surface area (Å²) in [6, 6.07) is 14.1. The summed E-state index contributed by atoms with van der Waals surface area (Å²) in [4.78, 5) is 25.5. The van der Waals surface area contributed by atoms with Crippen LogP contribution in [0.4, 0.5) is 0 Å². The number of benzene rings is 1. The molecule has 2 aromatic rings. The van der Waals surface area contributed by atoms with E-state index in [4.69, 9.17) is 4.74 Å². The minimum Gasteiger partial charge on any atom is -0.497 e. The van der Waals surface area contributed by atoms with Crippen molar-refractivity contribution in [2.24, 2.45) is 4.99 Å². The molecule has 1 aliphatic rings. The van der Waals surface area contributed by atoms with Crippen LogP contribution in [0, 0.1) is 0 Å². The molecule has 0 spiro atoms. The van der Waals surface area contributed by atoms with E-state index in [2.05, 4.69) is 32.3 Å². The van der Waals surface area contributed by atoms with Crippen LogP contribution in [-0.4, -0.2) is 73.5 Å². The van der Waals surface area contributed by atoms with Crippen LogP contribution in [0.2, 0.25) is 0 Å². The second-order valence-corrected chi connectivity index (χ2v) is 7.76. The summed E-state index contributed by atoms with van der Waals surface area (Å²) < 4.78 is 5.26. The molecule has 1 atom stereocenters. The van der Waals surface area contributed by atoms with Crippen LogP contribution < -0.4 is 10.1 Å². The molecule has 1 N–H and O–H groups in total. The average Bonchev–Trinajstić information content (AvgIpc) is 3.31. The highest BCUT2D eigenvalue weighted by atomic mass is 16.5. The van der Waals surface area contributed by atoms with Gasteiger partial charge in [0.1, 0.15) is 12.3 Å². The number of guanidine groups is 1. The van der Waals surface area contributed by atoms with E-state index >= 15 is 0 Å². The number of ether oxygens (including phenoxy) is 1. The van der Waals surface area contributed by atoms with Gasteiger partial charge in [0.25, 0.3) is 0 Å². The smallest absolute Gasteiger partial charge is 0.244 e. The van der Waals surface area contributed by atoms with E-state index in [-0.39, 0.29) is 12.5 Å². The summed E-state index contributed by atoms with van der Waals surface area (Å²) in [7, 11) is 3.51. The predicted octanol–water partition coefficient (Wildman–Crippen LogP) is 2.55. The van der Waals surface area contributed by atoms with Gasteiger partial charge in [-0.05, 0) is 43.2 Å². The van der Waals surface area contributed by atoms with Gasteiger partial charge in [0.05, 0.1) is 7.11 Å². The highest BCUT2D eigenvalue weighted by Gasteiger charge is 2.26. The molecule has 1 amide bonds. The van der Waals surface area contributed by atoms with E-state index in [0.717, 1.165) is 49.9 Å². The van der Waals surface area contributed by atoms with E-state index in [1.54, 1.807) is 18.2 Å². The number of carbonyl (C=O) groups is 1. The number of likely N-dealkylation sites (N-methyl/N-ethyl adjacent to an activating group) is 1. The first kappa shape index (κ1) is 22.6. The summed E-state index contributed by atoms with van der Waals surface area (Å²) in [5.41, 5.74) is 2.30. The van der Waals surface area contributed by atoms with E-state index in [0.29, 0.717) is 12.5 Å². The highest BCUT2D eigenvalue weighted by molar-refractivity contribution is 5.85. The van der Waals surface area contributed by atoms with Crippen molar-refractivity contribution >= 4 is 11.9 Å². The van der Waals surface area contributed by atoms with Gasteiger partial charge in [-0.3, -0.25) is 9.78 Å². The van der Waals surface area contributed by atoms with Crippen LogP contribution in [-0.2, 0) is 11.2 Å². The van der Waals surface area contributed by atoms with Gasteiger partial charge in [-0.25, -0.2) is 4.99 Å². The van der Waals surface area contributed by atoms with Crippen molar-refractivity contribution in [2.45, 2.75) is 25.7 Å². The third-order valence-corrected chi connectivity index (χ3v) is 5.63. The Morgan fingerprint density at radius 3 is 2.77 bits per heavy atom. The Labute approximate surface area is 185 Å². The van der Waals surface area contributed by atoms with Gasteiger partial charge in [0, 0.05) is 57.5 Å². The number of pyridine rings is 1. The lowest BCUT2D eigenvalue weighted by atomic mass is 9.98. The standard InChI is InChI=1S/C24H33N5O2/c1-4-25-24(27-17-23(30)28(2)15-13-21-7-5-6-14-26-21)29-16-12-20(18-29)19-8-10-22(31-3)11-9-19/h5-11,14,20H,4,12-13,15-18H2,1-3H3,(H,25,27). The lowest BCUT2D eigenvalue weighted by Gasteiger charge is -2.22. The van der Waals surface area contributed by atoms with E-state index in [1.165, 1.54) is 5.56 Å². The molecule has 166 valence electrons. The van der Waals surface area contributed by atoms with Crippen molar-refractivity contribution in [3.05, 3.63) is 59.9 Å². The van der Waals surface area contributed by atoms with Crippen LogP contribution in [0.5, 0.6) is 5.75 Å². The van der Waals surface area contributed by atoms with E-state index < -0.39 is 0 Å². The van der Waals surface area contributed by atoms with Gasteiger partial charge in [-0.2, -0.15) is 0 Å². The zero-order valence-electron chi connectivity index (χ0n) is 18.8. The molecule has 1 unspecified atom stereocenters. The lowest BCUT2D eigenvalue weighted by Crippen LogP contribution is -2.41. The van der Waals surface area contributed by atoms with Crippen LogP contribution in [0.1, 0.15) is 30.5 Å². The third kappa shape index (κ3) is 6.44. The maximum Gasteiger partial charge on any atom is 0.244 e. The minimum atomic E-state index is 0.0113. The molecule has 0 bridgehead atoms. The number of methoxy groups -OCH3 is 1. The maximum atomic E-state index is 12.6. The largest absolute Gasteiger partial charge is 0.497 e. The first-order valence-corrected chi connectivity index (χ1v) is 10.9. The monoisotopic (exact) mass is 423 g/mol. The van der Waals surface area contributed by atoms with Crippen molar-refractivity contribution in [2.75, 3.05) is 46.9 Å². The zero-order valence-corrected chi connectivity index (χ0v) is 18.8. The van der Waals surface area contributed by atoms with Gasteiger partial charge < -0.3 is 19.9 Å². The van der Waals surface area contributed by atoms with Gasteiger partial charge in [-0.1, -0.05) is 18.2 Å². The van der Waals surface area contributed by atoms with Crippen LogP contribution in [0.15, 0.2) is 53.7 Å². The molecule has 0 saturated carbocycles. The van der Waals surface area contributed by atoms with Gasteiger partial charge in [0.15, 0.2) is 5.96 Å². The van der Waals surface area contributed by atoms with E-state index in [1.807, 2.05) is 44.3 Å². The highest BCUT2D eigenvalue weighted by Crippen LogP contribution is 2.28. The minimum absolute atomic E-state index is 0.0113. The molecule has 0 radical (unpaired) electrons. The molecule has 0 aliphatic carbocycles. The summed E-state index contributed by atoms with van der Waals surface area (Å²) >= 11 is 0. The van der Waals surface area contributed by atoms with Crippen LogP contribution >= 0.6 is 0 Å². The number of likely N-dealkylation sites (tertiary alicyclic amines) is 1. The number of carbonyl (C=O) groups excluding carboxylic acids is 1. The molecule has 1 aromatic carbocycles. The molecule has 1 fully saturated rings. The Morgan fingerprint density at radius 1 is 1.29 bits per heavy atom. The molecule has 7 heteroatoms. The number of nitrogens with one attached hydrogen (secondary N) is 1. The van der Waals surface area contributed by atoms with Gasteiger partial charge >= 0.3 is 0 Å². The molecular weight excluding hydrogens is 390 g/mol. The maximum absolute atomic E-state index is 12.6. The summed E-state index contributed by atoms with van der Waals surface area (Å²) in [6.45, 7) is 5.41. The molecule has 1 aliphatic heterocycles. The van der Waals surface area contributed by atoms with Crippen molar-refractivity contribution in [1.82, 2.24) is 20.1 Å². The molecule has 31 heavy (non-hydrogen) atoms. The normalized spacial score (nSPS) is 16.3. The number of rotatable bonds is 8. The van der Waals surface area contributed by atoms with Crippen LogP contribution in [0.3, 0.4) is 0 Å². The lowest BCUT2D eigenvalue weighted by molar-refractivity contribution is -0.128. The predicted molar refractivity (Wildman–Crippen MR) is 123 cm³/mol. The number of aliphatic imine (C=N–C) groups is 1. The van der Waals surface area contributed by atoms with E-state index in [9.17, 15) is 4.79 Å². The first-order chi connectivity index (χ1) is 15.1.